The molecule has 0 amide bonds. The first kappa shape index (κ1) is 30.5. The van der Waals surface area contributed by atoms with Gasteiger partial charge in [-0.2, -0.15) is 9.97 Å². The van der Waals surface area contributed by atoms with Crippen molar-refractivity contribution in [2.24, 2.45) is 5.11 Å². The van der Waals surface area contributed by atoms with Crippen LogP contribution in [0.5, 0.6) is 11.6 Å². The van der Waals surface area contributed by atoms with Gasteiger partial charge in [0.05, 0.1) is 20.5 Å². The second-order valence-electron chi connectivity index (χ2n) is 10.3. The number of azide groups is 1. The van der Waals surface area contributed by atoms with Crippen LogP contribution in [0.2, 0.25) is 0 Å². The summed E-state index contributed by atoms with van der Waals surface area (Å²) in [5.41, 5.74) is 9.37. The van der Waals surface area contributed by atoms with E-state index in [0.29, 0.717) is 5.75 Å². The summed E-state index contributed by atoms with van der Waals surface area (Å²) in [6.45, 7) is 0. The van der Waals surface area contributed by atoms with Crippen LogP contribution in [-0.2, 0) is 10.3 Å². The summed E-state index contributed by atoms with van der Waals surface area (Å²) < 4.78 is 34.0. The molecule has 6 rings (SSSR count). The molecule has 0 unspecified atom stereocenters. The zero-order chi connectivity index (χ0) is 31.6. The molecule has 0 saturated carbocycles. The molecule has 1 fully saturated rings. The number of nitrogens with one attached hydrogen (secondary N) is 1. The number of halogens is 2. The highest BCUT2D eigenvalue weighted by Crippen LogP contribution is 2.44. The van der Waals surface area contributed by atoms with E-state index in [2.05, 4.69) is 25.3 Å². The lowest BCUT2D eigenvalue weighted by Gasteiger charge is -2.37. The van der Waals surface area contributed by atoms with Crippen LogP contribution in [0, 0.1) is 0 Å². The monoisotopic (exact) mass is 722 g/mol. The zero-order valence-corrected chi connectivity index (χ0v) is 26.3. The maximum atomic E-state index is 15.6. The minimum absolute atomic E-state index is 0.0170. The molecule has 0 aliphatic carbocycles. The number of alkyl halides is 2. The minimum atomic E-state index is -1.95. The fourth-order valence-corrected chi connectivity index (χ4v) is 6.41. The summed E-state index contributed by atoms with van der Waals surface area (Å²) in [6, 6.07) is 27.4. The van der Waals surface area contributed by atoms with Gasteiger partial charge in [-0.05, 0) is 34.4 Å². The zero-order valence-electron chi connectivity index (χ0n) is 24.2. The van der Waals surface area contributed by atoms with Gasteiger partial charge in [0.2, 0.25) is 11.8 Å². The molecule has 14 heteroatoms. The molecule has 0 bridgehead atoms. The average molecular weight is 723 g/mol. The third kappa shape index (κ3) is 5.19. The SMILES string of the molecule is COc1ccc(C(Nc2nc(OC)c3ncn([C@@H]4O[C@@](CI)(N=[N+]=[N-])[C@@H](O)[C@H]4F)c3n2)(c2ccccc2)c2ccccc2)cc1. The van der Waals surface area contributed by atoms with E-state index < -0.39 is 29.8 Å². The third-order valence-corrected chi connectivity index (χ3v) is 8.95. The predicted molar refractivity (Wildman–Crippen MR) is 173 cm³/mol. The van der Waals surface area contributed by atoms with Crippen molar-refractivity contribution in [1.82, 2.24) is 19.5 Å². The summed E-state index contributed by atoms with van der Waals surface area (Å²) in [6.07, 6.45) is -3.73. The van der Waals surface area contributed by atoms with Crippen LogP contribution in [0.3, 0.4) is 0 Å². The van der Waals surface area contributed by atoms with Crippen molar-refractivity contribution < 1.29 is 23.7 Å². The second-order valence-corrected chi connectivity index (χ2v) is 11.0. The van der Waals surface area contributed by atoms with Gasteiger partial charge in [-0.1, -0.05) is 101 Å². The van der Waals surface area contributed by atoms with Gasteiger partial charge in [0.25, 0.3) is 0 Å². The molecule has 1 aliphatic heterocycles. The Bertz CT molecular complexity index is 1800. The standard InChI is InChI=1S/C31H28FIN8O4/c1-43-22-15-13-21(14-16-22)31(19-9-5-3-6-10-19,20-11-7-4-8-12-20)38-29-36-26-24(27(37-29)44-2)35-18-41(26)28-23(32)25(42)30(17-33,45-28)39-40-34/h3-16,18,23,25,28,42H,17H2,1-2H3,(H,36,37,38)/t23-,25+,28-,30-/m1/s1. The molecule has 230 valence electrons. The highest BCUT2D eigenvalue weighted by Gasteiger charge is 2.55. The fourth-order valence-electron chi connectivity index (χ4n) is 5.63. The van der Waals surface area contributed by atoms with E-state index in [1.165, 1.54) is 18.0 Å². The largest absolute Gasteiger partial charge is 0.497 e. The Morgan fingerprint density at radius 1 is 1.02 bits per heavy atom. The van der Waals surface area contributed by atoms with E-state index in [4.69, 9.17) is 24.7 Å². The Morgan fingerprint density at radius 3 is 2.20 bits per heavy atom. The van der Waals surface area contributed by atoms with Gasteiger partial charge < -0.3 is 24.6 Å². The Balaban J connectivity index is 1.55. The number of methoxy groups -OCH3 is 2. The lowest BCUT2D eigenvalue weighted by molar-refractivity contribution is -0.0807. The molecule has 3 aromatic carbocycles. The summed E-state index contributed by atoms with van der Waals surface area (Å²) in [4.78, 5) is 16.6. The van der Waals surface area contributed by atoms with E-state index in [9.17, 15) is 5.11 Å². The van der Waals surface area contributed by atoms with Gasteiger partial charge in [-0.25, -0.2) is 9.37 Å². The Kier molecular flexibility index (Phi) is 8.46. The summed E-state index contributed by atoms with van der Waals surface area (Å²) in [5.74, 6) is 0.976. The smallest absolute Gasteiger partial charge is 0.246 e. The first-order valence-electron chi connectivity index (χ1n) is 13.8. The molecule has 0 spiro atoms. The van der Waals surface area contributed by atoms with Crippen molar-refractivity contribution in [3.63, 3.8) is 0 Å². The molecule has 3 heterocycles. The molecule has 0 radical (unpaired) electrons. The summed E-state index contributed by atoms with van der Waals surface area (Å²) in [7, 11) is 3.06. The number of aliphatic hydroxyl groups excluding tert-OH is 1. The lowest BCUT2D eigenvalue weighted by atomic mass is 9.77. The number of aliphatic hydroxyl groups is 1. The van der Waals surface area contributed by atoms with E-state index in [1.807, 2.05) is 108 Å². The fraction of sp³-hybridized carbons (Fsp3) is 0.258. The molecule has 5 aromatic rings. The van der Waals surface area contributed by atoms with Crippen LogP contribution in [-0.4, -0.2) is 61.3 Å². The number of fused-ring (bicyclic) bond motifs is 1. The van der Waals surface area contributed by atoms with Gasteiger partial charge in [0, 0.05) is 9.34 Å². The van der Waals surface area contributed by atoms with Crippen molar-refractivity contribution in [3.05, 3.63) is 118 Å². The molecule has 2 aromatic heterocycles. The van der Waals surface area contributed by atoms with E-state index in [1.54, 1.807) is 7.11 Å². The van der Waals surface area contributed by atoms with E-state index >= 15 is 4.39 Å². The van der Waals surface area contributed by atoms with E-state index in [0.717, 1.165) is 16.7 Å². The van der Waals surface area contributed by atoms with Crippen molar-refractivity contribution in [2.45, 2.75) is 29.8 Å². The third-order valence-electron chi connectivity index (χ3n) is 7.86. The van der Waals surface area contributed by atoms with Crippen LogP contribution >= 0.6 is 22.6 Å². The Hall–Kier alpha value is -4.50. The Labute approximate surface area is 271 Å². The van der Waals surface area contributed by atoms with E-state index in [-0.39, 0.29) is 27.4 Å². The number of nitrogens with zero attached hydrogens (tertiary/aromatic N) is 7. The maximum Gasteiger partial charge on any atom is 0.246 e. The molecule has 1 aliphatic rings. The van der Waals surface area contributed by atoms with Crippen molar-refractivity contribution in [3.8, 4) is 11.6 Å². The number of anilines is 1. The first-order valence-corrected chi connectivity index (χ1v) is 15.4. The lowest BCUT2D eigenvalue weighted by Crippen LogP contribution is -2.41. The minimum Gasteiger partial charge on any atom is -0.497 e. The van der Waals surface area contributed by atoms with Crippen LogP contribution in [0.15, 0.2) is 96.4 Å². The highest BCUT2D eigenvalue weighted by atomic mass is 127. The maximum absolute atomic E-state index is 15.6. The first-order chi connectivity index (χ1) is 21.9. The molecule has 2 N–H and O–H groups in total. The van der Waals surface area contributed by atoms with Gasteiger partial charge in [0.15, 0.2) is 29.3 Å². The molecule has 4 atom stereocenters. The normalized spacial score (nSPS) is 21.3. The number of imidazole rings is 1. The summed E-state index contributed by atoms with van der Waals surface area (Å²) in [5, 5.41) is 17.9. The van der Waals surface area contributed by atoms with Crippen LogP contribution in [0.25, 0.3) is 21.6 Å². The van der Waals surface area contributed by atoms with Gasteiger partial charge >= 0.3 is 0 Å². The van der Waals surface area contributed by atoms with Gasteiger partial charge in [-0.3, -0.25) is 4.57 Å². The number of hydrogen-bond donors (Lipinski definition) is 2. The highest BCUT2D eigenvalue weighted by molar-refractivity contribution is 14.1. The van der Waals surface area contributed by atoms with Gasteiger partial charge in [-0.15, -0.1) is 0 Å². The van der Waals surface area contributed by atoms with Crippen LogP contribution in [0.1, 0.15) is 22.9 Å². The Morgan fingerprint density at radius 2 is 1.64 bits per heavy atom. The molecular formula is C31H28FIN8O4. The topological polar surface area (TPSA) is 152 Å². The molecular weight excluding hydrogens is 694 g/mol. The quantitative estimate of drug-likeness (QED) is 0.0451. The number of aromatic nitrogens is 4. The van der Waals surface area contributed by atoms with Crippen molar-refractivity contribution in [2.75, 3.05) is 24.0 Å². The van der Waals surface area contributed by atoms with Gasteiger partial charge in [0.1, 0.15) is 17.4 Å². The molecule has 12 nitrogen and oxygen atoms in total. The molecule has 45 heavy (non-hydrogen) atoms. The van der Waals surface area contributed by atoms with Crippen molar-refractivity contribution in [1.29, 1.82) is 0 Å². The predicted octanol–water partition coefficient (Wildman–Crippen LogP) is 5.92. The second kappa shape index (κ2) is 12.5. The summed E-state index contributed by atoms with van der Waals surface area (Å²) >= 11 is 1.88. The number of ether oxygens (including phenoxy) is 3. The number of hydrogen-bond acceptors (Lipinski definition) is 9. The average Bonchev–Trinajstić information content (AvgIpc) is 3.62. The molecule has 1 saturated heterocycles. The van der Waals surface area contributed by atoms with Crippen molar-refractivity contribution >= 4 is 39.7 Å². The number of rotatable bonds is 10. The van der Waals surface area contributed by atoms with Crippen LogP contribution in [0.4, 0.5) is 10.3 Å². The number of benzene rings is 3. The van der Waals surface area contributed by atoms with Crippen LogP contribution < -0.4 is 14.8 Å².